The Morgan fingerprint density at radius 1 is 0.714 bits per heavy atom. The summed E-state index contributed by atoms with van der Waals surface area (Å²) in [5.74, 6) is 0. The average molecular weight is 292 g/mol. The lowest BCUT2D eigenvalue weighted by molar-refractivity contribution is 1.01. The van der Waals surface area contributed by atoms with Crippen LogP contribution in [0.15, 0.2) is 78.9 Å². The fraction of sp³-hybridized carbons (Fsp3) is 0.200. The van der Waals surface area contributed by atoms with Crippen molar-refractivity contribution in [2.75, 3.05) is 0 Å². The molecule has 1 heteroatoms. The number of hydrogen-bond acceptors (Lipinski definition) is 0. The molecule has 0 aliphatic rings. The lowest BCUT2D eigenvalue weighted by Gasteiger charge is -2.34. The van der Waals surface area contributed by atoms with E-state index >= 15 is 0 Å². The summed E-state index contributed by atoms with van der Waals surface area (Å²) in [6.07, 6.45) is 0. The van der Waals surface area contributed by atoms with Gasteiger partial charge in [-0.2, -0.15) is 35.4 Å². The van der Waals surface area contributed by atoms with Crippen LogP contribution in [0.25, 0.3) is 0 Å². The van der Waals surface area contributed by atoms with E-state index in [-0.39, 0.29) is 7.92 Å². The smallest absolute Gasteiger partial charge is 0.0174 e. The normalized spacial score (nSPS) is 15.5. The molecule has 0 aliphatic carbocycles. The monoisotopic (exact) mass is 292 g/mol. The van der Waals surface area contributed by atoms with Crippen molar-refractivity contribution < 1.29 is 0 Å². The Balaban J connectivity index is 1.99. The van der Waals surface area contributed by atoms with Gasteiger partial charge >= 0.3 is 0 Å². The summed E-state index contributed by atoms with van der Waals surface area (Å²) in [4.78, 5) is 0. The number of benzene rings is 1. The maximum atomic E-state index is 2.38. The van der Waals surface area contributed by atoms with E-state index in [9.17, 15) is 0 Å². The Labute approximate surface area is 128 Å². The molecule has 0 aliphatic heterocycles. The molecule has 1 unspecified atom stereocenters. The zero-order valence-electron chi connectivity index (χ0n) is 12.6. The summed E-state index contributed by atoms with van der Waals surface area (Å²) in [5.41, 5.74) is 4.07. The lowest BCUT2D eigenvalue weighted by atomic mass is 10.2. The quantitative estimate of drug-likeness (QED) is 0.414. The Bertz CT molecular complexity index is 594. The highest BCUT2D eigenvalue weighted by molar-refractivity contribution is 7.66. The van der Waals surface area contributed by atoms with Crippen molar-refractivity contribution in [2.45, 2.75) is 25.2 Å². The van der Waals surface area contributed by atoms with Gasteiger partial charge in [0.05, 0.1) is 0 Å². The summed E-state index contributed by atoms with van der Waals surface area (Å²) in [5, 5.41) is 1.50. The van der Waals surface area contributed by atoms with Gasteiger partial charge in [0, 0.05) is 0 Å². The highest BCUT2D eigenvalue weighted by Crippen LogP contribution is 2.60. The molecule has 0 aromatic heterocycles. The van der Waals surface area contributed by atoms with Gasteiger partial charge < -0.3 is 0 Å². The molecule has 0 saturated carbocycles. The molecule has 0 heterocycles. The summed E-state index contributed by atoms with van der Waals surface area (Å²) in [6.45, 7) is 4.76. The minimum atomic E-state index is -0.279. The molecule has 0 bridgehead atoms. The lowest BCUT2D eigenvalue weighted by Crippen LogP contribution is -2.10. The highest BCUT2D eigenvalue weighted by atomic mass is 31.1. The third kappa shape index (κ3) is 3.01. The van der Waals surface area contributed by atoms with Crippen LogP contribution in [0.4, 0.5) is 0 Å². The zero-order valence-corrected chi connectivity index (χ0v) is 13.5. The first kappa shape index (κ1) is 14.3. The van der Waals surface area contributed by atoms with Gasteiger partial charge in [-0.15, -0.1) is 0 Å². The molecule has 0 amide bonds. The van der Waals surface area contributed by atoms with E-state index in [4.69, 9.17) is 0 Å². The van der Waals surface area contributed by atoms with Crippen LogP contribution in [0.3, 0.4) is 0 Å². The summed E-state index contributed by atoms with van der Waals surface area (Å²) >= 11 is 0. The third-order valence-corrected chi connectivity index (χ3v) is 7.39. The van der Waals surface area contributed by atoms with E-state index in [0.29, 0.717) is 11.3 Å². The molecule has 3 aromatic rings. The van der Waals surface area contributed by atoms with Crippen molar-refractivity contribution in [3.63, 3.8) is 0 Å². The molecular weight excluding hydrogens is 271 g/mol. The van der Waals surface area contributed by atoms with Crippen molar-refractivity contribution in [2.24, 2.45) is 0 Å². The Kier molecular flexibility index (Phi) is 4.36. The zero-order chi connectivity index (χ0) is 14.7. The standard InChI is InChI=1S/C20H21P/c1-16(18-10-6-7-11-18)21(20-14-4-3-5-15-20)17(2)19-12-8-9-13-19/h3-17H,1-2H3/q-2/t16-,17+,21?. The minimum absolute atomic E-state index is 0.279. The summed E-state index contributed by atoms with van der Waals surface area (Å²) in [6, 6.07) is 28.7. The Morgan fingerprint density at radius 3 is 1.67 bits per heavy atom. The molecule has 0 spiro atoms. The largest absolute Gasteiger partial charge is 0.213 e. The van der Waals surface area contributed by atoms with Crippen LogP contribution in [0.2, 0.25) is 0 Å². The van der Waals surface area contributed by atoms with Crippen molar-refractivity contribution in [3.8, 4) is 0 Å². The van der Waals surface area contributed by atoms with E-state index in [1.165, 1.54) is 16.4 Å². The average Bonchev–Trinajstić information content (AvgIpc) is 3.22. The number of hydrogen-bond donors (Lipinski definition) is 0. The van der Waals surface area contributed by atoms with E-state index in [0.717, 1.165) is 0 Å². The topological polar surface area (TPSA) is 0 Å². The van der Waals surface area contributed by atoms with E-state index in [2.05, 4.69) is 92.7 Å². The molecule has 0 nitrogen and oxygen atoms in total. The molecular formula is C20H21P-2. The van der Waals surface area contributed by atoms with Gasteiger partial charge in [-0.05, 0) is 16.6 Å². The SMILES string of the molecule is C[C@H](c1ccc[cH-]1)P(c1ccccc1)[C@@H](C)c1ccc[cH-]1. The molecule has 21 heavy (non-hydrogen) atoms. The van der Waals surface area contributed by atoms with E-state index in [1.807, 2.05) is 0 Å². The van der Waals surface area contributed by atoms with Crippen LogP contribution >= 0.6 is 7.92 Å². The van der Waals surface area contributed by atoms with E-state index < -0.39 is 0 Å². The fourth-order valence-electron chi connectivity index (χ4n) is 3.04. The van der Waals surface area contributed by atoms with Crippen molar-refractivity contribution >= 4 is 13.2 Å². The Hall–Kier alpha value is -1.65. The van der Waals surface area contributed by atoms with Gasteiger partial charge in [0.1, 0.15) is 0 Å². The molecule has 3 rings (SSSR count). The van der Waals surface area contributed by atoms with Crippen molar-refractivity contribution in [1.82, 2.24) is 0 Å². The second-order valence-electron chi connectivity index (χ2n) is 5.53. The molecule has 0 N–H and O–H groups in total. The van der Waals surface area contributed by atoms with E-state index in [1.54, 1.807) is 0 Å². The molecule has 3 aromatic carbocycles. The first-order chi connectivity index (χ1) is 10.3. The second kappa shape index (κ2) is 6.41. The van der Waals surface area contributed by atoms with Crippen molar-refractivity contribution in [1.29, 1.82) is 0 Å². The third-order valence-electron chi connectivity index (χ3n) is 4.23. The maximum absolute atomic E-state index is 2.38. The van der Waals surface area contributed by atoms with Gasteiger partial charge in [-0.1, -0.05) is 52.1 Å². The predicted octanol–water partition coefficient (Wildman–Crippen LogP) is 5.75. The van der Waals surface area contributed by atoms with Gasteiger partial charge in [0.15, 0.2) is 0 Å². The van der Waals surface area contributed by atoms with Crippen molar-refractivity contribution in [3.05, 3.63) is 90.0 Å². The van der Waals surface area contributed by atoms with Gasteiger partial charge in [0.25, 0.3) is 0 Å². The first-order valence-corrected chi connectivity index (χ1v) is 9.02. The number of rotatable bonds is 5. The van der Waals surface area contributed by atoms with Gasteiger partial charge in [0.2, 0.25) is 0 Å². The molecule has 108 valence electrons. The fourth-order valence-corrected chi connectivity index (χ4v) is 6.11. The van der Waals surface area contributed by atoms with Gasteiger partial charge in [-0.25, -0.2) is 24.3 Å². The molecule has 0 radical (unpaired) electrons. The molecule has 3 atom stereocenters. The molecule has 0 saturated heterocycles. The minimum Gasteiger partial charge on any atom is -0.213 e. The van der Waals surface area contributed by atoms with Crippen LogP contribution in [0.1, 0.15) is 36.3 Å². The van der Waals surface area contributed by atoms with Crippen LogP contribution < -0.4 is 5.30 Å². The first-order valence-electron chi connectivity index (χ1n) is 7.54. The predicted molar refractivity (Wildman–Crippen MR) is 93.9 cm³/mol. The highest BCUT2D eigenvalue weighted by Gasteiger charge is 2.23. The summed E-state index contributed by atoms with van der Waals surface area (Å²) in [7, 11) is -0.279. The molecule has 0 fully saturated rings. The van der Waals surface area contributed by atoms with Crippen LogP contribution in [0, 0.1) is 0 Å². The van der Waals surface area contributed by atoms with Crippen LogP contribution in [-0.4, -0.2) is 0 Å². The van der Waals surface area contributed by atoms with Crippen LogP contribution in [-0.2, 0) is 0 Å². The van der Waals surface area contributed by atoms with Crippen LogP contribution in [0.5, 0.6) is 0 Å². The van der Waals surface area contributed by atoms with Gasteiger partial charge in [-0.3, -0.25) is 0 Å². The summed E-state index contributed by atoms with van der Waals surface area (Å²) < 4.78 is 0. The Morgan fingerprint density at radius 2 is 1.24 bits per heavy atom. The second-order valence-corrected chi connectivity index (χ2v) is 8.41. The maximum Gasteiger partial charge on any atom is -0.0174 e.